The van der Waals surface area contributed by atoms with Gasteiger partial charge in [0.2, 0.25) is 0 Å². The fourth-order valence-electron chi connectivity index (χ4n) is 0. The molecular formula is C4H12I-. The zero-order chi connectivity index (χ0) is 4.50. The van der Waals surface area contributed by atoms with E-state index in [1.807, 2.05) is 0 Å². The molecule has 0 atom stereocenters. The number of rotatable bonds is 0. The SMILES string of the molecule is C[I-](C)(C)C. The van der Waals surface area contributed by atoms with E-state index in [9.17, 15) is 0 Å². The van der Waals surface area contributed by atoms with Crippen LogP contribution < -0.4 is 18.4 Å². The van der Waals surface area contributed by atoms with Crippen LogP contribution in [0.5, 0.6) is 0 Å². The Morgan fingerprint density at radius 1 is 0.800 bits per heavy atom. The maximum atomic E-state index is 2.37. The van der Waals surface area contributed by atoms with E-state index in [0.717, 1.165) is 0 Å². The summed E-state index contributed by atoms with van der Waals surface area (Å²) in [5.41, 5.74) is 0. The summed E-state index contributed by atoms with van der Waals surface area (Å²) in [7, 11) is 0. The molecule has 0 heterocycles. The van der Waals surface area contributed by atoms with Crippen molar-refractivity contribution in [2.45, 2.75) is 0 Å². The Kier molecular flexibility index (Phi) is 1.67. The standard InChI is InChI=1S/C4H12I/c1-5(2,3)4/h1-4H3/q-1. The van der Waals surface area contributed by atoms with Crippen molar-refractivity contribution in [2.24, 2.45) is 0 Å². The minimum absolute atomic E-state index is 0.940. The van der Waals surface area contributed by atoms with E-state index in [0.29, 0.717) is 0 Å². The summed E-state index contributed by atoms with van der Waals surface area (Å²) < 4.78 is 0. The molecule has 0 aliphatic heterocycles. The summed E-state index contributed by atoms with van der Waals surface area (Å²) in [6.07, 6.45) is 0. The van der Waals surface area contributed by atoms with Gasteiger partial charge in [-0.3, -0.25) is 0 Å². The van der Waals surface area contributed by atoms with Crippen molar-refractivity contribution in [3.63, 3.8) is 0 Å². The number of hydrogen-bond acceptors (Lipinski definition) is 0. The number of hydrogen-bond donors (Lipinski definition) is 0. The van der Waals surface area contributed by atoms with Gasteiger partial charge in [0.1, 0.15) is 0 Å². The summed E-state index contributed by atoms with van der Waals surface area (Å²) in [5.74, 6) is 0. The number of alkyl halides is 4. The molecule has 0 aromatic rings. The molecular weight excluding hydrogens is 175 g/mol. The van der Waals surface area contributed by atoms with Gasteiger partial charge in [-0.15, -0.1) is 0 Å². The van der Waals surface area contributed by atoms with Crippen molar-refractivity contribution in [1.82, 2.24) is 0 Å². The molecule has 0 saturated carbocycles. The summed E-state index contributed by atoms with van der Waals surface area (Å²) in [6, 6.07) is 0. The molecule has 0 amide bonds. The summed E-state index contributed by atoms with van der Waals surface area (Å²) >= 11 is -0.940. The van der Waals surface area contributed by atoms with Gasteiger partial charge in [0.25, 0.3) is 0 Å². The molecule has 0 aromatic carbocycles. The first kappa shape index (κ1) is 5.73. The van der Waals surface area contributed by atoms with Crippen molar-refractivity contribution >= 4 is 0 Å². The van der Waals surface area contributed by atoms with E-state index < -0.39 is 18.4 Å². The topological polar surface area (TPSA) is 0 Å². The fourth-order valence-corrected chi connectivity index (χ4v) is 0. The van der Waals surface area contributed by atoms with Crippen molar-refractivity contribution in [1.29, 1.82) is 0 Å². The van der Waals surface area contributed by atoms with E-state index in [2.05, 4.69) is 19.7 Å². The van der Waals surface area contributed by atoms with Crippen LogP contribution in [0.1, 0.15) is 0 Å². The second-order valence-corrected chi connectivity index (χ2v) is 15.2. The van der Waals surface area contributed by atoms with Crippen LogP contribution in [0, 0.1) is 0 Å². The molecule has 0 rings (SSSR count). The van der Waals surface area contributed by atoms with Gasteiger partial charge in [-0.25, -0.2) is 0 Å². The third kappa shape index (κ3) is 66.2. The Labute approximate surface area is 38.5 Å². The van der Waals surface area contributed by atoms with E-state index in [1.165, 1.54) is 0 Å². The van der Waals surface area contributed by atoms with Crippen LogP contribution in [0.2, 0.25) is 0 Å². The third-order valence-electron chi connectivity index (χ3n) is 0. The van der Waals surface area contributed by atoms with Crippen LogP contribution in [-0.4, -0.2) is 19.7 Å². The van der Waals surface area contributed by atoms with E-state index in [-0.39, 0.29) is 0 Å². The molecule has 0 aromatic heterocycles. The Bertz CT molecular complexity index is 19.1. The van der Waals surface area contributed by atoms with E-state index in [4.69, 9.17) is 0 Å². The van der Waals surface area contributed by atoms with E-state index in [1.54, 1.807) is 0 Å². The fraction of sp³-hybridized carbons (Fsp3) is 1.00. The Morgan fingerprint density at radius 3 is 0.800 bits per heavy atom. The molecule has 0 spiro atoms. The second-order valence-electron chi connectivity index (χ2n) is 2.27. The average molecular weight is 187 g/mol. The molecule has 0 aliphatic rings. The van der Waals surface area contributed by atoms with Gasteiger partial charge in [-0.1, -0.05) is 0 Å². The first-order valence-electron chi connectivity index (χ1n) is 1.51. The van der Waals surface area contributed by atoms with Crippen molar-refractivity contribution in [3.05, 3.63) is 0 Å². The van der Waals surface area contributed by atoms with Gasteiger partial charge in [0, 0.05) is 0 Å². The zero-order valence-electron chi connectivity index (χ0n) is 4.38. The molecule has 0 unspecified atom stereocenters. The molecule has 1 heteroatoms. The number of halogens is 1. The molecule has 5 heavy (non-hydrogen) atoms. The minimum atomic E-state index is -0.940. The Balaban J connectivity index is 3.02. The molecule has 0 nitrogen and oxygen atoms in total. The normalized spacial score (nSPS) is 15.2. The first-order chi connectivity index (χ1) is 2.00. The summed E-state index contributed by atoms with van der Waals surface area (Å²) in [4.78, 5) is 9.47. The first-order valence-corrected chi connectivity index (χ1v) is 10.1. The van der Waals surface area contributed by atoms with Gasteiger partial charge >= 0.3 is 38.2 Å². The van der Waals surface area contributed by atoms with Crippen LogP contribution in [0.3, 0.4) is 0 Å². The van der Waals surface area contributed by atoms with Crippen molar-refractivity contribution < 1.29 is 18.4 Å². The van der Waals surface area contributed by atoms with Gasteiger partial charge in [-0.05, 0) is 0 Å². The molecule has 0 aliphatic carbocycles. The third-order valence-corrected chi connectivity index (χ3v) is 0. The molecule has 0 saturated heterocycles. The van der Waals surface area contributed by atoms with Crippen LogP contribution in [-0.2, 0) is 0 Å². The van der Waals surface area contributed by atoms with Crippen molar-refractivity contribution in [2.75, 3.05) is 19.7 Å². The molecule has 0 N–H and O–H groups in total. The van der Waals surface area contributed by atoms with Gasteiger partial charge in [-0.2, -0.15) is 0 Å². The predicted molar refractivity (Wildman–Crippen MR) is 23.7 cm³/mol. The van der Waals surface area contributed by atoms with E-state index >= 15 is 0 Å². The zero-order valence-corrected chi connectivity index (χ0v) is 6.54. The van der Waals surface area contributed by atoms with Gasteiger partial charge < -0.3 is 0 Å². The quantitative estimate of drug-likeness (QED) is 0.294. The maximum absolute atomic E-state index is 2.37. The van der Waals surface area contributed by atoms with Gasteiger partial charge in [0.05, 0.1) is 0 Å². The van der Waals surface area contributed by atoms with Gasteiger partial charge in [0.15, 0.2) is 0 Å². The Hall–Kier alpha value is 0.730. The van der Waals surface area contributed by atoms with Crippen LogP contribution in [0.25, 0.3) is 0 Å². The molecule has 0 bridgehead atoms. The van der Waals surface area contributed by atoms with Crippen LogP contribution >= 0.6 is 0 Å². The Morgan fingerprint density at radius 2 is 0.800 bits per heavy atom. The monoisotopic (exact) mass is 187 g/mol. The summed E-state index contributed by atoms with van der Waals surface area (Å²) in [5, 5.41) is 0. The second kappa shape index (κ2) is 1.45. The molecule has 0 fully saturated rings. The van der Waals surface area contributed by atoms with Crippen LogP contribution in [0.4, 0.5) is 0 Å². The molecule has 36 valence electrons. The predicted octanol–water partition coefficient (Wildman–Crippen LogP) is -2.33. The molecule has 0 radical (unpaired) electrons. The van der Waals surface area contributed by atoms with Crippen LogP contribution in [0.15, 0.2) is 0 Å². The average Bonchev–Trinajstić information content (AvgIpc) is 0.722. The van der Waals surface area contributed by atoms with Crippen molar-refractivity contribution in [3.8, 4) is 0 Å². The summed E-state index contributed by atoms with van der Waals surface area (Å²) in [6.45, 7) is 0.